The van der Waals surface area contributed by atoms with Crippen molar-refractivity contribution in [3.63, 3.8) is 0 Å². The Kier molecular flexibility index (Phi) is 3.17. The van der Waals surface area contributed by atoms with Crippen molar-refractivity contribution in [3.05, 3.63) is 35.9 Å². The topological polar surface area (TPSA) is 15.3 Å². The van der Waals surface area contributed by atoms with Gasteiger partial charge in [-0.1, -0.05) is 30.3 Å². The zero-order chi connectivity index (χ0) is 11.7. The van der Waals surface area contributed by atoms with E-state index in [0.717, 1.165) is 18.4 Å². The quantitative estimate of drug-likeness (QED) is 0.837. The summed E-state index contributed by atoms with van der Waals surface area (Å²) in [5.41, 5.74) is 1.45. The lowest BCUT2D eigenvalue weighted by molar-refractivity contribution is 0.0681. The number of nitrogens with one attached hydrogen (secondary N) is 1. The summed E-state index contributed by atoms with van der Waals surface area (Å²) in [7, 11) is 0. The molecule has 0 spiro atoms. The zero-order valence-electron chi connectivity index (χ0n) is 10.6. The van der Waals surface area contributed by atoms with Crippen molar-refractivity contribution in [1.82, 2.24) is 10.2 Å². The average molecular weight is 230 g/mol. The largest absolute Gasteiger partial charge is 0.314 e. The predicted octanol–water partition coefficient (Wildman–Crippen LogP) is 2.12. The molecule has 2 nitrogen and oxygen atoms in total. The minimum atomic E-state index is 0.699. The first-order valence-corrected chi connectivity index (χ1v) is 6.81. The van der Waals surface area contributed by atoms with Crippen molar-refractivity contribution >= 4 is 0 Å². The number of nitrogens with zero attached hydrogens (tertiary/aromatic N) is 1. The molecule has 1 aromatic rings. The Morgan fingerprint density at radius 3 is 2.88 bits per heavy atom. The molecule has 92 valence electrons. The van der Waals surface area contributed by atoms with Gasteiger partial charge in [-0.15, -0.1) is 0 Å². The summed E-state index contributed by atoms with van der Waals surface area (Å²) in [6, 6.07) is 11.6. The fraction of sp³-hybridized carbons (Fsp3) is 0.600. The van der Waals surface area contributed by atoms with Crippen LogP contribution in [0.15, 0.2) is 30.3 Å². The lowest BCUT2D eigenvalue weighted by Gasteiger charge is -2.45. The Morgan fingerprint density at radius 1 is 1.24 bits per heavy atom. The van der Waals surface area contributed by atoms with Gasteiger partial charge in [0, 0.05) is 25.7 Å². The van der Waals surface area contributed by atoms with E-state index in [2.05, 4.69) is 47.5 Å². The van der Waals surface area contributed by atoms with Crippen molar-refractivity contribution in [1.29, 1.82) is 0 Å². The second kappa shape index (κ2) is 4.79. The van der Waals surface area contributed by atoms with E-state index in [1.54, 1.807) is 0 Å². The molecule has 1 N–H and O–H groups in total. The second-order valence-corrected chi connectivity index (χ2v) is 5.74. The average Bonchev–Trinajstić information content (AvgIpc) is 2.36. The maximum absolute atomic E-state index is 3.64. The lowest BCUT2D eigenvalue weighted by atomic mass is 9.81. The standard InChI is InChI=1S/C15H22N2/c1-12-15-7-14(8-16-12)10-17(11-15)9-13-5-3-2-4-6-13/h2-6,12,14-16H,7-11H2,1H3/t12-,14-,15-/m1/s1. The highest BCUT2D eigenvalue weighted by Crippen LogP contribution is 2.28. The van der Waals surface area contributed by atoms with E-state index in [9.17, 15) is 0 Å². The molecule has 2 bridgehead atoms. The number of fused-ring (bicyclic) bond motifs is 2. The van der Waals surface area contributed by atoms with Crippen molar-refractivity contribution in [3.8, 4) is 0 Å². The number of benzene rings is 1. The van der Waals surface area contributed by atoms with E-state index < -0.39 is 0 Å². The number of hydrogen-bond donors (Lipinski definition) is 1. The third-order valence-electron chi connectivity index (χ3n) is 4.33. The van der Waals surface area contributed by atoms with Gasteiger partial charge in [0.15, 0.2) is 0 Å². The van der Waals surface area contributed by atoms with Gasteiger partial charge in [0.25, 0.3) is 0 Å². The number of likely N-dealkylation sites (tertiary alicyclic amines) is 1. The van der Waals surface area contributed by atoms with Crippen LogP contribution in [0.4, 0.5) is 0 Å². The van der Waals surface area contributed by atoms with Crippen molar-refractivity contribution in [2.45, 2.75) is 25.9 Å². The first-order chi connectivity index (χ1) is 8.31. The van der Waals surface area contributed by atoms with Crippen molar-refractivity contribution in [2.75, 3.05) is 19.6 Å². The SMILES string of the molecule is C[C@H]1NC[C@H]2C[C@@H]1CN(Cc1ccccc1)C2. The van der Waals surface area contributed by atoms with E-state index in [0.29, 0.717) is 6.04 Å². The molecular weight excluding hydrogens is 208 g/mol. The molecule has 0 aliphatic carbocycles. The van der Waals surface area contributed by atoms with Crippen LogP contribution in [-0.2, 0) is 6.54 Å². The minimum absolute atomic E-state index is 0.699. The highest BCUT2D eigenvalue weighted by molar-refractivity contribution is 5.14. The number of piperidine rings is 2. The summed E-state index contributed by atoms with van der Waals surface area (Å²) < 4.78 is 0. The summed E-state index contributed by atoms with van der Waals surface area (Å²) >= 11 is 0. The fourth-order valence-corrected chi connectivity index (χ4v) is 3.35. The van der Waals surface area contributed by atoms with Gasteiger partial charge in [-0.05, 0) is 37.3 Å². The maximum Gasteiger partial charge on any atom is 0.0233 e. The van der Waals surface area contributed by atoms with Crippen LogP contribution in [-0.4, -0.2) is 30.6 Å². The summed E-state index contributed by atoms with van der Waals surface area (Å²) in [4.78, 5) is 2.64. The van der Waals surface area contributed by atoms with Crippen LogP contribution >= 0.6 is 0 Å². The molecule has 2 heteroatoms. The van der Waals surface area contributed by atoms with Gasteiger partial charge in [0.1, 0.15) is 0 Å². The summed E-state index contributed by atoms with van der Waals surface area (Å²) in [5, 5.41) is 3.64. The predicted molar refractivity (Wildman–Crippen MR) is 70.8 cm³/mol. The fourth-order valence-electron chi connectivity index (χ4n) is 3.35. The van der Waals surface area contributed by atoms with Crippen LogP contribution in [0.1, 0.15) is 18.9 Å². The van der Waals surface area contributed by atoms with Crippen LogP contribution in [0.25, 0.3) is 0 Å². The van der Waals surface area contributed by atoms with Gasteiger partial charge in [-0.25, -0.2) is 0 Å². The van der Waals surface area contributed by atoms with E-state index in [-0.39, 0.29) is 0 Å². The molecule has 2 saturated heterocycles. The van der Waals surface area contributed by atoms with Crippen molar-refractivity contribution < 1.29 is 0 Å². The zero-order valence-corrected chi connectivity index (χ0v) is 10.6. The summed E-state index contributed by atoms with van der Waals surface area (Å²) in [6.45, 7) is 7.21. The van der Waals surface area contributed by atoms with Gasteiger partial charge < -0.3 is 5.32 Å². The molecule has 2 aliphatic rings. The molecule has 0 aromatic heterocycles. The van der Waals surface area contributed by atoms with Gasteiger partial charge in [-0.2, -0.15) is 0 Å². The van der Waals surface area contributed by atoms with E-state index in [1.165, 1.54) is 31.6 Å². The molecule has 2 heterocycles. The van der Waals surface area contributed by atoms with Crippen LogP contribution in [0.2, 0.25) is 0 Å². The smallest absolute Gasteiger partial charge is 0.0233 e. The molecule has 2 fully saturated rings. The Labute approximate surface area is 104 Å². The molecule has 17 heavy (non-hydrogen) atoms. The maximum atomic E-state index is 3.64. The van der Waals surface area contributed by atoms with Crippen LogP contribution < -0.4 is 5.32 Å². The summed E-state index contributed by atoms with van der Waals surface area (Å²) in [6.07, 6.45) is 1.43. The number of hydrogen-bond acceptors (Lipinski definition) is 2. The Hall–Kier alpha value is -0.860. The highest BCUT2D eigenvalue weighted by Gasteiger charge is 2.34. The third-order valence-corrected chi connectivity index (χ3v) is 4.33. The molecule has 3 rings (SSSR count). The molecule has 0 saturated carbocycles. The van der Waals surface area contributed by atoms with Crippen molar-refractivity contribution in [2.24, 2.45) is 11.8 Å². The first-order valence-electron chi connectivity index (χ1n) is 6.81. The van der Waals surface area contributed by atoms with Gasteiger partial charge in [0.2, 0.25) is 0 Å². The third kappa shape index (κ3) is 2.53. The van der Waals surface area contributed by atoms with Gasteiger partial charge in [0.05, 0.1) is 0 Å². The molecule has 0 unspecified atom stereocenters. The Bertz CT molecular complexity index is 362. The second-order valence-electron chi connectivity index (χ2n) is 5.74. The van der Waals surface area contributed by atoms with E-state index in [1.807, 2.05) is 0 Å². The molecule has 1 aromatic carbocycles. The number of rotatable bonds is 2. The Balaban J connectivity index is 1.65. The molecule has 0 radical (unpaired) electrons. The molecule has 3 atom stereocenters. The van der Waals surface area contributed by atoms with E-state index >= 15 is 0 Å². The lowest BCUT2D eigenvalue weighted by Crippen LogP contribution is -2.54. The van der Waals surface area contributed by atoms with Crippen LogP contribution in [0, 0.1) is 11.8 Å². The summed E-state index contributed by atoms with van der Waals surface area (Å²) in [5.74, 6) is 1.72. The van der Waals surface area contributed by atoms with Crippen LogP contribution in [0.3, 0.4) is 0 Å². The van der Waals surface area contributed by atoms with Gasteiger partial charge in [-0.3, -0.25) is 4.90 Å². The Morgan fingerprint density at radius 2 is 2.06 bits per heavy atom. The first kappa shape index (κ1) is 11.2. The molecule has 2 aliphatic heterocycles. The minimum Gasteiger partial charge on any atom is -0.314 e. The molecule has 0 amide bonds. The van der Waals surface area contributed by atoms with E-state index in [4.69, 9.17) is 0 Å². The molecular formula is C15H22N2. The van der Waals surface area contributed by atoms with Crippen LogP contribution in [0.5, 0.6) is 0 Å². The normalized spacial score (nSPS) is 33.6. The van der Waals surface area contributed by atoms with Gasteiger partial charge >= 0.3 is 0 Å². The highest BCUT2D eigenvalue weighted by atomic mass is 15.2. The monoisotopic (exact) mass is 230 g/mol.